The molecule has 0 atom stereocenters. The summed E-state index contributed by atoms with van der Waals surface area (Å²) in [6.07, 6.45) is -4.76. The smallest absolute Gasteiger partial charge is 0.484 e. The molecule has 1 amide bonds. The average Bonchev–Trinajstić information content (AvgIpc) is 2.78. The van der Waals surface area contributed by atoms with Gasteiger partial charge >= 0.3 is 6.36 Å². The highest BCUT2D eigenvalue weighted by molar-refractivity contribution is 5.95. The van der Waals surface area contributed by atoms with Gasteiger partial charge in [0, 0.05) is 37.3 Å². The topological polar surface area (TPSA) is 75.7 Å². The number of piperazine rings is 1. The van der Waals surface area contributed by atoms with E-state index in [-0.39, 0.29) is 18.1 Å². The number of nitrogens with zero attached hydrogens (tertiary/aromatic N) is 2. The summed E-state index contributed by atoms with van der Waals surface area (Å²) in [5.41, 5.74) is 2.51. The van der Waals surface area contributed by atoms with Crippen molar-refractivity contribution in [1.82, 2.24) is 10.3 Å². The Morgan fingerprint density at radius 3 is 2.48 bits per heavy atom. The molecule has 0 radical (unpaired) electrons. The molecular weight excluding hydrogens is 437 g/mol. The van der Waals surface area contributed by atoms with Gasteiger partial charge in [0.05, 0.1) is 5.52 Å². The number of alkyl halides is 3. The highest BCUT2D eigenvalue weighted by Gasteiger charge is 2.31. The number of nitrogens with one attached hydrogen (secondary N) is 2. The van der Waals surface area contributed by atoms with Crippen LogP contribution in [0.15, 0.2) is 48.5 Å². The molecule has 0 spiro atoms. The van der Waals surface area contributed by atoms with E-state index >= 15 is 0 Å². The lowest BCUT2D eigenvalue weighted by Gasteiger charge is -2.29. The molecule has 4 rings (SSSR count). The number of anilines is 2. The average molecular weight is 460 g/mol. The zero-order valence-electron chi connectivity index (χ0n) is 17.9. The molecule has 1 aromatic heterocycles. The Morgan fingerprint density at radius 2 is 1.79 bits per heavy atom. The van der Waals surface area contributed by atoms with Gasteiger partial charge in [-0.15, -0.1) is 13.2 Å². The normalized spacial score (nSPS) is 14.2. The minimum absolute atomic E-state index is 0.249. The molecule has 1 saturated heterocycles. The fourth-order valence-corrected chi connectivity index (χ4v) is 3.59. The first-order valence-electron chi connectivity index (χ1n) is 10.4. The fourth-order valence-electron chi connectivity index (χ4n) is 3.59. The number of hydrogen-bond donors (Lipinski definition) is 2. The van der Waals surface area contributed by atoms with Crippen LogP contribution in [0.3, 0.4) is 0 Å². The molecule has 2 heterocycles. The Labute approximate surface area is 188 Å². The summed E-state index contributed by atoms with van der Waals surface area (Å²) in [5, 5.41) is 7.03. The Balaban J connectivity index is 1.37. The number of aromatic nitrogens is 1. The van der Waals surface area contributed by atoms with Gasteiger partial charge in [0.2, 0.25) is 0 Å². The maximum Gasteiger partial charge on any atom is 0.573 e. The highest BCUT2D eigenvalue weighted by atomic mass is 19.4. The van der Waals surface area contributed by atoms with E-state index in [0.29, 0.717) is 5.69 Å². The minimum Gasteiger partial charge on any atom is -0.484 e. The molecule has 0 bridgehead atoms. The number of hydrogen-bond acceptors (Lipinski definition) is 6. The van der Waals surface area contributed by atoms with Crippen molar-refractivity contribution >= 4 is 28.3 Å². The van der Waals surface area contributed by atoms with Gasteiger partial charge in [-0.1, -0.05) is 0 Å². The zero-order chi connectivity index (χ0) is 23.4. The number of ether oxygens (including phenoxy) is 2. The summed E-state index contributed by atoms with van der Waals surface area (Å²) >= 11 is 0. The number of fused-ring (bicyclic) bond motifs is 1. The van der Waals surface area contributed by atoms with Crippen LogP contribution >= 0.6 is 0 Å². The van der Waals surface area contributed by atoms with E-state index in [2.05, 4.69) is 26.3 Å². The van der Waals surface area contributed by atoms with Crippen LogP contribution in [0.4, 0.5) is 24.7 Å². The molecule has 0 aliphatic carbocycles. The molecule has 2 N–H and O–H groups in total. The minimum atomic E-state index is -4.76. The lowest BCUT2D eigenvalue weighted by molar-refractivity contribution is -0.274. The summed E-state index contributed by atoms with van der Waals surface area (Å²) in [7, 11) is 0. The Hall–Kier alpha value is -3.53. The molecule has 33 heavy (non-hydrogen) atoms. The molecule has 1 aliphatic rings. The van der Waals surface area contributed by atoms with Crippen molar-refractivity contribution in [1.29, 1.82) is 0 Å². The fraction of sp³-hybridized carbons (Fsp3) is 0.304. The van der Waals surface area contributed by atoms with E-state index in [1.54, 1.807) is 6.07 Å². The lowest BCUT2D eigenvalue weighted by atomic mass is 10.1. The van der Waals surface area contributed by atoms with Gasteiger partial charge in [-0.2, -0.15) is 0 Å². The number of aryl methyl sites for hydroxylation is 1. The number of halogens is 3. The van der Waals surface area contributed by atoms with E-state index in [0.717, 1.165) is 60.6 Å². The van der Waals surface area contributed by atoms with Crippen LogP contribution < -0.4 is 25.0 Å². The standard InChI is InChI=1S/C23H23F3N4O3/c1-15-12-21(30-10-8-27-9-11-30)29-20-7-2-16(13-19(15)20)28-22(31)14-32-17-3-5-18(6-4-17)33-23(24,25)26/h2-7,12-13,27H,8-11,14H2,1H3,(H,28,31). The van der Waals surface area contributed by atoms with Crippen molar-refractivity contribution in [2.45, 2.75) is 13.3 Å². The second-order valence-electron chi connectivity index (χ2n) is 7.62. The van der Waals surface area contributed by atoms with Crippen molar-refractivity contribution in [3.05, 3.63) is 54.1 Å². The van der Waals surface area contributed by atoms with Gasteiger partial charge in [-0.25, -0.2) is 4.98 Å². The van der Waals surface area contributed by atoms with E-state index in [4.69, 9.17) is 9.72 Å². The summed E-state index contributed by atoms with van der Waals surface area (Å²) < 4.78 is 45.8. The van der Waals surface area contributed by atoms with E-state index in [9.17, 15) is 18.0 Å². The van der Waals surface area contributed by atoms with Crippen LogP contribution in [0, 0.1) is 6.92 Å². The van der Waals surface area contributed by atoms with Gasteiger partial charge in [0.1, 0.15) is 17.3 Å². The Kier molecular flexibility index (Phi) is 6.55. The molecule has 0 saturated carbocycles. The molecule has 0 unspecified atom stereocenters. The SMILES string of the molecule is Cc1cc(N2CCNCC2)nc2ccc(NC(=O)COc3ccc(OC(F)(F)F)cc3)cc12. The first-order chi connectivity index (χ1) is 15.8. The number of pyridine rings is 1. The zero-order valence-corrected chi connectivity index (χ0v) is 17.9. The quantitative estimate of drug-likeness (QED) is 0.582. The first kappa shape index (κ1) is 22.7. The van der Waals surface area contributed by atoms with Crippen LogP contribution in [-0.2, 0) is 4.79 Å². The monoisotopic (exact) mass is 460 g/mol. The van der Waals surface area contributed by atoms with Crippen molar-refractivity contribution in [2.75, 3.05) is 43.0 Å². The van der Waals surface area contributed by atoms with Gasteiger partial charge in [-0.3, -0.25) is 4.79 Å². The summed E-state index contributed by atoms with van der Waals surface area (Å²) in [4.78, 5) is 19.3. The Morgan fingerprint density at radius 1 is 1.09 bits per heavy atom. The number of carbonyl (C=O) groups excluding carboxylic acids is 1. The third-order valence-electron chi connectivity index (χ3n) is 5.15. The van der Waals surface area contributed by atoms with Crippen LogP contribution in [0.5, 0.6) is 11.5 Å². The third-order valence-corrected chi connectivity index (χ3v) is 5.15. The second kappa shape index (κ2) is 9.53. The van der Waals surface area contributed by atoms with Crippen LogP contribution in [0.1, 0.15) is 5.56 Å². The first-order valence-corrected chi connectivity index (χ1v) is 10.4. The van der Waals surface area contributed by atoms with Crippen molar-refractivity contribution in [2.24, 2.45) is 0 Å². The van der Waals surface area contributed by atoms with E-state index in [1.807, 2.05) is 19.1 Å². The van der Waals surface area contributed by atoms with Crippen LogP contribution in [-0.4, -0.2) is 50.0 Å². The van der Waals surface area contributed by atoms with Gasteiger partial charge < -0.3 is 25.0 Å². The summed E-state index contributed by atoms with van der Waals surface area (Å²) in [5.74, 6) is 0.435. The van der Waals surface area contributed by atoms with Crippen molar-refractivity contribution in [3.63, 3.8) is 0 Å². The van der Waals surface area contributed by atoms with Crippen LogP contribution in [0.2, 0.25) is 0 Å². The maximum atomic E-state index is 12.3. The lowest BCUT2D eigenvalue weighted by Crippen LogP contribution is -2.43. The summed E-state index contributed by atoms with van der Waals surface area (Å²) in [6, 6.07) is 12.4. The number of carbonyl (C=O) groups is 1. The third kappa shape index (κ3) is 6.04. The molecule has 2 aromatic carbocycles. The maximum absolute atomic E-state index is 12.3. The molecule has 174 valence electrons. The van der Waals surface area contributed by atoms with Gasteiger partial charge in [0.15, 0.2) is 6.61 Å². The molecule has 1 aliphatic heterocycles. The Bertz CT molecular complexity index is 1130. The van der Waals surface area contributed by atoms with Gasteiger partial charge in [-0.05, 0) is 61.0 Å². The van der Waals surface area contributed by atoms with Crippen molar-refractivity contribution < 1.29 is 27.4 Å². The largest absolute Gasteiger partial charge is 0.573 e. The van der Waals surface area contributed by atoms with Crippen molar-refractivity contribution in [3.8, 4) is 11.5 Å². The number of rotatable bonds is 6. The van der Waals surface area contributed by atoms with Gasteiger partial charge in [0.25, 0.3) is 5.91 Å². The van der Waals surface area contributed by atoms with E-state index < -0.39 is 12.3 Å². The predicted molar refractivity (Wildman–Crippen MR) is 119 cm³/mol. The molecule has 10 heteroatoms. The highest BCUT2D eigenvalue weighted by Crippen LogP contribution is 2.26. The molecule has 3 aromatic rings. The number of benzene rings is 2. The summed E-state index contributed by atoms with van der Waals surface area (Å²) in [6.45, 7) is 5.39. The predicted octanol–water partition coefficient (Wildman–Crippen LogP) is 3.87. The second-order valence-corrected chi connectivity index (χ2v) is 7.62. The molecular formula is C23H23F3N4O3. The number of amides is 1. The van der Waals surface area contributed by atoms with Crippen LogP contribution in [0.25, 0.3) is 10.9 Å². The van der Waals surface area contributed by atoms with E-state index in [1.165, 1.54) is 12.1 Å². The molecule has 7 nitrogen and oxygen atoms in total. The molecule has 1 fully saturated rings.